The van der Waals surface area contributed by atoms with E-state index < -0.39 is 0 Å². The lowest BCUT2D eigenvalue weighted by molar-refractivity contribution is 0.0841. The molecule has 2 aliphatic carbocycles. The lowest BCUT2D eigenvalue weighted by Crippen LogP contribution is -2.45. The summed E-state index contributed by atoms with van der Waals surface area (Å²) >= 11 is 10.5. The Bertz CT molecular complexity index is 2090. The molecule has 0 spiro atoms. The van der Waals surface area contributed by atoms with Crippen LogP contribution in [0, 0.1) is 0 Å². The van der Waals surface area contributed by atoms with Crippen LogP contribution in [0.15, 0.2) is 116 Å². The Morgan fingerprint density at radius 1 is 0.579 bits per heavy atom. The molecule has 0 aromatic heterocycles. The van der Waals surface area contributed by atoms with Gasteiger partial charge in [0.1, 0.15) is 0 Å². The zero-order valence-electron chi connectivity index (χ0n) is 31.7. The molecule has 4 aromatic rings. The van der Waals surface area contributed by atoms with Gasteiger partial charge in [0, 0.05) is 31.7 Å². The van der Waals surface area contributed by atoms with E-state index in [1.807, 2.05) is 82.8 Å². The smallest absolute Gasteiger partial charge is 0.271 e. The second kappa shape index (κ2) is 18.9. The third-order valence-electron chi connectivity index (χ3n) is 11.1. The van der Waals surface area contributed by atoms with Crippen molar-refractivity contribution in [2.45, 2.75) is 88.4 Å². The van der Waals surface area contributed by atoms with E-state index >= 15 is 0 Å². The van der Waals surface area contributed by atoms with Crippen molar-refractivity contribution in [1.29, 1.82) is 0 Å². The molecule has 296 valence electrons. The number of hydrogen-bond acceptors (Lipinski definition) is 7. The van der Waals surface area contributed by atoms with Crippen LogP contribution in [0.3, 0.4) is 0 Å². The molecule has 2 aliphatic heterocycles. The topological polar surface area (TPSA) is 101 Å². The van der Waals surface area contributed by atoms with Crippen LogP contribution in [0.2, 0.25) is 0 Å². The number of rotatable bonds is 10. The molecule has 3 N–H and O–H groups in total. The normalized spacial score (nSPS) is 21.9. The van der Waals surface area contributed by atoms with Gasteiger partial charge in [0.25, 0.3) is 11.8 Å². The third-order valence-corrected chi connectivity index (χ3v) is 14.2. The second-order valence-electron chi connectivity index (χ2n) is 15.0. The van der Waals surface area contributed by atoms with Crippen molar-refractivity contribution in [3.05, 3.63) is 128 Å². The van der Waals surface area contributed by atoms with Gasteiger partial charge in [0.05, 0.1) is 35.4 Å². The first kappa shape index (κ1) is 40.0. The van der Waals surface area contributed by atoms with Crippen LogP contribution in [0.25, 0.3) is 0 Å². The number of carbonyl (C=O) groups excluding carboxylic acids is 2. The predicted octanol–water partition coefficient (Wildman–Crippen LogP) is 11.2. The standard InChI is InChI=1S/C44H47Br2N7O2S2/c45-32-21-15-29(16-22-32)39-27-56-43(48-34-9-3-1-4-10-34)52(39)50-41(54)31-19-25-36(26-20-31)47-38-14-8-7-13-37(38)42(55)51-53-40(30-17-23-33(46)24-18-30)28-57-44(53)49-35-11-5-2-6-12-35/h7-8,13-26,34-35,39-40,47H,1-6,9-12,27-28H2,(H,50,54)(H,51,55). The van der Waals surface area contributed by atoms with Crippen molar-refractivity contribution in [3.8, 4) is 0 Å². The molecular weight excluding hydrogens is 882 g/mol. The molecule has 13 heteroatoms. The quantitative estimate of drug-likeness (QED) is 0.146. The Labute approximate surface area is 360 Å². The molecule has 4 fully saturated rings. The highest BCUT2D eigenvalue weighted by atomic mass is 79.9. The number of amides is 2. The highest BCUT2D eigenvalue weighted by molar-refractivity contribution is 9.10. The Balaban J connectivity index is 0.973. The van der Waals surface area contributed by atoms with E-state index in [4.69, 9.17) is 9.98 Å². The van der Waals surface area contributed by atoms with Crippen molar-refractivity contribution >= 4 is 88.9 Å². The van der Waals surface area contributed by atoms with Gasteiger partial charge in [-0.3, -0.25) is 40.4 Å². The first-order valence-corrected chi connectivity index (χ1v) is 23.5. The number of aliphatic imine (C=N–C) groups is 2. The maximum atomic E-state index is 14.2. The van der Waals surface area contributed by atoms with Gasteiger partial charge in [0.2, 0.25) is 0 Å². The Kier molecular flexibility index (Phi) is 13.2. The van der Waals surface area contributed by atoms with Gasteiger partial charge >= 0.3 is 0 Å². The van der Waals surface area contributed by atoms with E-state index in [-0.39, 0.29) is 29.9 Å². The largest absolute Gasteiger partial charge is 0.355 e. The van der Waals surface area contributed by atoms with Crippen molar-refractivity contribution in [1.82, 2.24) is 20.9 Å². The van der Waals surface area contributed by atoms with Crippen molar-refractivity contribution < 1.29 is 9.59 Å². The van der Waals surface area contributed by atoms with Crippen LogP contribution in [0.5, 0.6) is 0 Å². The molecular formula is C44H47Br2N7O2S2. The maximum Gasteiger partial charge on any atom is 0.271 e. The average molecular weight is 930 g/mol. The minimum absolute atomic E-state index is 0.0307. The minimum atomic E-state index is -0.218. The summed E-state index contributed by atoms with van der Waals surface area (Å²) in [5.74, 6) is 1.18. The summed E-state index contributed by atoms with van der Waals surface area (Å²) in [4.78, 5) is 38.3. The highest BCUT2D eigenvalue weighted by Gasteiger charge is 2.36. The van der Waals surface area contributed by atoms with Crippen LogP contribution in [-0.2, 0) is 0 Å². The number of hydrazine groups is 2. The summed E-state index contributed by atoms with van der Waals surface area (Å²) in [5, 5.41) is 9.12. The molecule has 4 aromatic carbocycles. The van der Waals surface area contributed by atoms with E-state index in [2.05, 4.69) is 72.3 Å². The van der Waals surface area contributed by atoms with Crippen LogP contribution in [0.4, 0.5) is 11.4 Å². The summed E-state index contributed by atoms with van der Waals surface area (Å²) in [6, 6.07) is 32.0. The van der Waals surface area contributed by atoms with E-state index in [0.29, 0.717) is 22.9 Å². The zero-order valence-corrected chi connectivity index (χ0v) is 36.5. The summed E-state index contributed by atoms with van der Waals surface area (Å²) in [6.07, 6.45) is 11.7. The number of carbonyl (C=O) groups is 2. The van der Waals surface area contributed by atoms with Crippen LogP contribution >= 0.6 is 55.4 Å². The Hall–Kier alpha value is -3.78. The first-order chi connectivity index (χ1) is 27.9. The molecule has 9 nitrogen and oxygen atoms in total. The number of thioether (sulfide) groups is 2. The Morgan fingerprint density at radius 3 is 1.56 bits per heavy atom. The molecule has 4 aliphatic rings. The summed E-state index contributed by atoms with van der Waals surface area (Å²) in [6.45, 7) is 0. The fourth-order valence-electron chi connectivity index (χ4n) is 7.90. The van der Waals surface area contributed by atoms with Gasteiger partial charge in [0.15, 0.2) is 10.3 Å². The van der Waals surface area contributed by atoms with E-state index in [1.165, 1.54) is 38.5 Å². The van der Waals surface area contributed by atoms with Gasteiger partial charge in [-0.2, -0.15) is 0 Å². The summed E-state index contributed by atoms with van der Waals surface area (Å²) in [5.41, 5.74) is 11.2. The fourth-order valence-corrected chi connectivity index (χ4v) is 10.8. The summed E-state index contributed by atoms with van der Waals surface area (Å²) in [7, 11) is 0. The SMILES string of the molecule is O=C(NN1C(=NC2CCCCC2)SCC1c1ccc(Br)cc1)c1ccc(Nc2ccccc2C(=O)NN2C(=NC3CCCCC3)SCC2c2ccc(Br)cc2)cc1. The number of para-hydroxylation sites is 1. The third kappa shape index (κ3) is 9.92. The van der Waals surface area contributed by atoms with Crippen LogP contribution in [-0.4, -0.2) is 55.8 Å². The molecule has 2 unspecified atom stereocenters. The molecule has 2 saturated carbocycles. The second-order valence-corrected chi connectivity index (χ2v) is 18.8. The van der Waals surface area contributed by atoms with E-state index in [9.17, 15) is 9.59 Å². The number of hydrogen-bond donors (Lipinski definition) is 3. The fraction of sp³-hybridized carbons (Fsp3) is 0.364. The van der Waals surface area contributed by atoms with Gasteiger partial charge in [-0.05, 0) is 97.5 Å². The number of halogens is 2. The monoisotopic (exact) mass is 927 g/mol. The van der Waals surface area contributed by atoms with Gasteiger partial charge in [-0.15, -0.1) is 0 Å². The molecule has 2 heterocycles. The van der Waals surface area contributed by atoms with E-state index in [1.54, 1.807) is 23.5 Å². The molecule has 8 rings (SSSR count). The number of amidine groups is 2. The van der Waals surface area contributed by atoms with Crippen molar-refractivity contribution in [3.63, 3.8) is 0 Å². The summed E-state index contributed by atoms with van der Waals surface area (Å²) < 4.78 is 2.03. The molecule has 2 saturated heterocycles. The Morgan fingerprint density at radius 2 is 1.05 bits per heavy atom. The molecule has 2 atom stereocenters. The molecule has 2 amide bonds. The molecule has 0 bridgehead atoms. The number of nitrogens with one attached hydrogen (secondary N) is 3. The van der Waals surface area contributed by atoms with Crippen LogP contribution in [0.1, 0.15) is 108 Å². The van der Waals surface area contributed by atoms with Gasteiger partial charge in [-0.25, -0.2) is 0 Å². The van der Waals surface area contributed by atoms with Crippen LogP contribution < -0.4 is 16.2 Å². The molecule has 57 heavy (non-hydrogen) atoms. The van der Waals surface area contributed by atoms with Gasteiger partial charge < -0.3 is 5.32 Å². The number of anilines is 2. The highest BCUT2D eigenvalue weighted by Crippen LogP contribution is 2.38. The number of nitrogens with zero attached hydrogens (tertiary/aromatic N) is 4. The van der Waals surface area contributed by atoms with Gasteiger partial charge in [-0.1, -0.05) is 130 Å². The van der Waals surface area contributed by atoms with E-state index in [0.717, 1.165) is 73.3 Å². The number of benzene rings is 4. The minimum Gasteiger partial charge on any atom is -0.355 e. The van der Waals surface area contributed by atoms with Crippen molar-refractivity contribution in [2.75, 3.05) is 16.8 Å². The lowest BCUT2D eigenvalue weighted by Gasteiger charge is -2.28. The van der Waals surface area contributed by atoms with Crippen molar-refractivity contribution in [2.24, 2.45) is 9.98 Å². The predicted molar refractivity (Wildman–Crippen MR) is 242 cm³/mol. The lowest BCUT2D eigenvalue weighted by atomic mass is 9.96. The first-order valence-electron chi connectivity index (χ1n) is 20.0. The average Bonchev–Trinajstić information content (AvgIpc) is 3.82. The molecule has 0 radical (unpaired) electrons. The maximum absolute atomic E-state index is 14.2. The zero-order chi connectivity index (χ0) is 39.1.